The van der Waals surface area contributed by atoms with E-state index in [1.165, 1.54) is 5.56 Å². The number of aliphatic hydroxyl groups is 1. The van der Waals surface area contributed by atoms with Crippen molar-refractivity contribution >= 4 is 11.6 Å². The highest BCUT2D eigenvalue weighted by atomic mass is 16.3. The molecule has 2 aliphatic rings. The quantitative estimate of drug-likeness (QED) is 0.859. The van der Waals surface area contributed by atoms with Crippen LogP contribution in [0.1, 0.15) is 43.4 Å². The number of carbonyl (C=O) groups is 1. The van der Waals surface area contributed by atoms with Gasteiger partial charge >= 0.3 is 0 Å². The fourth-order valence-electron chi connectivity index (χ4n) is 3.73. The van der Waals surface area contributed by atoms with Gasteiger partial charge in [-0.25, -0.2) is 0 Å². The van der Waals surface area contributed by atoms with Crippen molar-refractivity contribution in [1.29, 1.82) is 0 Å². The maximum atomic E-state index is 13.0. The molecule has 106 valence electrons. The molecule has 0 spiro atoms. The molecule has 3 rings (SSSR count). The molecule has 0 aromatic heterocycles. The van der Waals surface area contributed by atoms with Crippen molar-refractivity contribution in [1.82, 2.24) is 0 Å². The maximum absolute atomic E-state index is 13.0. The molecule has 0 radical (unpaired) electrons. The van der Waals surface area contributed by atoms with Crippen LogP contribution in [0.25, 0.3) is 0 Å². The number of hydrogen-bond donors (Lipinski definition) is 1. The highest BCUT2D eigenvalue weighted by Gasteiger charge is 2.51. The largest absolute Gasteiger partial charge is 0.387 e. The SMILES string of the molecule is C=CCC1(CC)C(=O)N2CCCc3cccc(c32)C1O. The number of allylic oxidation sites excluding steroid dienone is 1. The van der Waals surface area contributed by atoms with Gasteiger partial charge in [-0.15, -0.1) is 6.58 Å². The Labute approximate surface area is 119 Å². The zero-order valence-corrected chi connectivity index (χ0v) is 11.9. The Bertz CT molecular complexity index is 566. The summed E-state index contributed by atoms with van der Waals surface area (Å²) in [5.41, 5.74) is 2.31. The number of hydrogen-bond acceptors (Lipinski definition) is 2. The van der Waals surface area contributed by atoms with Gasteiger partial charge < -0.3 is 10.0 Å². The average Bonchev–Trinajstić information content (AvgIpc) is 2.49. The third-order valence-electron chi connectivity index (χ3n) is 4.88. The average molecular weight is 271 g/mol. The lowest BCUT2D eigenvalue weighted by Crippen LogP contribution is -2.53. The van der Waals surface area contributed by atoms with Crippen LogP contribution in [0, 0.1) is 5.41 Å². The van der Waals surface area contributed by atoms with Crippen LogP contribution in [-0.2, 0) is 11.2 Å². The number of nitrogens with zero attached hydrogens (tertiary/aromatic N) is 1. The number of aryl methyl sites for hydroxylation is 1. The van der Waals surface area contributed by atoms with Gasteiger partial charge in [0.15, 0.2) is 0 Å². The molecule has 20 heavy (non-hydrogen) atoms. The maximum Gasteiger partial charge on any atom is 0.236 e. The summed E-state index contributed by atoms with van der Waals surface area (Å²) in [5.74, 6) is 0.0621. The second-order valence-corrected chi connectivity index (χ2v) is 5.82. The van der Waals surface area contributed by atoms with Gasteiger partial charge in [0.25, 0.3) is 0 Å². The smallest absolute Gasteiger partial charge is 0.236 e. The van der Waals surface area contributed by atoms with E-state index >= 15 is 0 Å². The van der Waals surface area contributed by atoms with Gasteiger partial charge in [-0.05, 0) is 31.2 Å². The summed E-state index contributed by atoms with van der Waals surface area (Å²) in [6, 6.07) is 6.02. The Balaban J connectivity index is 2.22. The van der Waals surface area contributed by atoms with E-state index in [2.05, 4.69) is 12.6 Å². The fourth-order valence-corrected chi connectivity index (χ4v) is 3.73. The topological polar surface area (TPSA) is 40.5 Å². The Morgan fingerprint density at radius 3 is 3.05 bits per heavy atom. The normalized spacial score (nSPS) is 28.2. The minimum Gasteiger partial charge on any atom is -0.387 e. The van der Waals surface area contributed by atoms with E-state index in [-0.39, 0.29) is 5.91 Å². The summed E-state index contributed by atoms with van der Waals surface area (Å²) in [7, 11) is 0. The molecule has 1 amide bonds. The second kappa shape index (κ2) is 4.74. The molecule has 1 aromatic rings. The molecule has 0 aliphatic carbocycles. The molecule has 3 heteroatoms. The van der Waals surface area contributed by atoms with Gasteiger partial charge in [-0.2, -0.15) is 0 Å². The first-order chi connectivity index (χ1) is 9.65. The highest BCUT2D eigenvalue weighted by Crippen LogP contribution is 2.51. The molecule has 1 N–H and O–H groups in total. The number of benzene rings is 1. The number of amides is 1. The number of rotatable bonds is 3. The second-order valence-electron chi connectivity index (χ2n) is 5.82. The van der Waals surface area contributed by atoms with Crippen molar-refractivity contribution in [2.75, 3.05) is 11.4 Å². The summed E-state index contributed by atoms with van der Waals surface area (Å²) >= 11 is 0. The standard InChI is InChI=1S/C17H21NO2/c1-3-10-17(4-2)15(19)13-9-5-7-12-8-6-11-18(14(12)13)16(17)20/h3,5,7,9,15,19H,1,4,6,8,10-11H2,2H3. The summed E-state index contributed by atoms with van der Waals surface area (Å²) in [6.45, 7) is 6.51. The van der Waals surface area contributed by atoms with E-state index < -0.39 is 11.5 Å². The first-order valence-corrected chi connectivity index (χ1v) is 7.38. The molecule has 0 fully saturated rings. The molecule has 1 aromatic carbocycles. The molecule has 2 heterocycles. The zero-order valence-electron chi connectivity index (χ0n) is 11.9. The number of para-hydroxylation sites is 1. The Hall–Kier alpha value is -1.61. The highest BCUT2D eigenvalue weighted by molar-refractivity contribution is 6.02. The molecule has 3 nitrogen and oxygen atoms in total. The number of aliphatic hydroxyl groups excluding tert-OH is 1. The van der Waals surface area contributed by atoms with Crippen molar-refractivity contribution in [2.45, 2.75) is 38.7 Å². The van der Waals surface area contributed by atoms with E-state index in [0.717, 1.165) is 30.6 Å². The molecule has 2 atom stereocenters. The monoisotopic (exact) mass is 271 g/mol. The third-order valence-corrected chi connectivity index (χ3v) is 4.88. The van der Waals surface area contributed by atoms with Crippen LogP contribution < -0.4 is 4.90 Å². The van der Waals surface area contributed by atoms with Crippen LogP contribution in [-0.4, -0.2) is 17.6 Å². The van der Waals surface area contributed by atoms with E-state index in [1.54, 1.807) is 6.08 Å². The molecule has 2 unspecified atom stereocenters. The summed E-state index contributed by atoms with van der Waals surface area (Å²) in [5, 5.41) is 10.8. The lowest BCUT2D eigenvalue weighted by molar-refractivity contribution is -0.137. The molecule has 0 bridgehead atoms. The third kappa shape index (κ3) is 1.59. The predicted octanol–water partition coefficient (Wildman–Crippen LogP) is 2.99. The van der Waals surface area contributed by atoms with E-state index in [0.29, 0.717) is 12.8 Å². The van der Waals surface area contributed by atoms with Gasteiger partial charge in [0.05, 0.1) is 17.2 Å². The van der Waals surface area contributed by atoms with Crippen molar-refractivity contribution < 1.29 is 9.90 Å². The molecule has 0 saturated carbocycles. The van der Waals surface area contributed by atoms with E-state index in [1.807, 2.05) is 24.0 Å². The predicted molar refractivity (Wildman–Crippen MR) is 79.6 cm³/mol. The molecule has 2 aliphatic heterocycles. The van der Waals surface area contributed by atoms with Crippen molar-refractivity contribution in [3.8, 4) is 0 Å². The Morgan fingerprint density at radius 1 is 1.55 bits per heavy atom. The van der Waals surface area contributed by atoms with Crippen molar-refractivity contribution in [3.63, 3.8) is 0 Å². The van der Waals surface area contributed by atoms with Gasteiger partial charge in [-0.3, -0.25) is 4.79 Å². The molecule has 0 saturated heterocycles. The number of carbonyl (C=O) groups excluding carboxylic acids is 1. The summed E-state index contributed by atoms with van der Waals surface area (Å²) in [4.78, 5) is 14.9. The summed E-state index contributed by atoms with van der Waals surface area (Å²) < 4.78 is 0. The lowest BCUT2D eigenvalue weighted by atomic mass is 9.69. The summed E-state index contributed by atoms with van der Waals surface area (Å²) in [6.07, 6.45) is 4.14. The number of anilines is 1. The van der Waals surface area contributed by atoms with Crippen LogP contribution in [0.3, 0.4) is 0 Å². The van der Waals surface area contributed by atoms with Gasteiger partial charge in [0, 0.05) is 12.1 Å². The van der Waals surface area contributed by atoms with Crippen molar-refractivity contribution in [2.24, 2.45) is 5.41 Å². The van der Waals surface area contributed by atoms with Crippen LogP contribution in [0.4, 0.5) is 5.69 Å². The Kier molecular flexibility index (Phi) is 3.17. The van der Waals surface area contributed by atoms with Crippen molar-refractivity contribution in [3.05, 3.63) is 42.0 Å². The Morgan fingerprint density at radius 2 is 2.35 bits per heavy atom. The van der Waals surface area contributed by atoms with Crippen LogP contribution in [0.15, 0.2) is 30.9 Å². The van der Waals surface area contributed by atoms with Gasteiger partial charge in [0.1, 0.15) is 0 Å². The van der Waals surface area contributed by atoms with E-state index in [9.17, 15) is 9.90 Å². The minimum absolute atomic E-state index is 0.0621. The first-order valence-electron chi connectivity index (χ1n) is 7.38. The van der Waals surface area contributed by atoms with Crippen LogP contribution in [0.2, 0.25) is 0 Å². The zero-order chi connectivity index (χ0) is 14.3. The van der Waals surface area contributed by atoms with Gasteiger partial charge in [-0.1, -0.05) is 31.2 Å². The van der Waals surface area contributed by atoms with E-state index in [4.69, 9.17) is 0 Å². The first kappa shape index (κ1) is 13.4. The molecular formula is C17H21NO2. The fraction of sp³-hybridized carbons (Fsp3) is 0.471. The minimum atomic E-state index is -0.745. The lowest BCUT2D eigenvalue weighted by Gasteiger charge is -2.47. The van der Waals surface area contributed by atoms with Crippen LogP contribution >= 0.6 is 0 Å². The van der Waals surface area contributed by atoms with Crippen LogP contribution in [0.5, 0.6) is 0 Å². The van der Waals surface area contributed by atoms with Gasteiger partial charge in [0.2, 0.25) is 5.91 Å². The molecular weight excluding hydrogens is 250 g/mol.